The van der Waals surface area contributed by atoms with Crippen molar-refractivity contribution in [1.82, 2.24) is 25.1 Å². The smallest absolute Gasteiger partial charge is 0.140 e. The number of nitrogens with one attached hydrogen (secondary N) is 3. The number of likely N-dealkylation sites (N-methyl/N-ethyl adjacent to an activating group) is 2. The highest BCUT2D eigenvalue weighted by Crippen LogP contribution is 2.32. The lowest BCUT2D eigenvalue weighted by molar-refractivity contribution is 0.319. The Hall–Kier alpha value is -3.51. The van der Waals surface area contributed by atoms with E-state index < -0.39 is 0 Å². The zero-order valence-corrected chi connectivity index (χ0v) is 20.4. The molecular formula is C28H34N6. The molecule has 176 valence electrons. The van der Waals surface area contributed by atoms with E-state index in [2.05, 4.69) is 102 Å². The number of nitrogens with zero attached hydrogens (tertiary/aromatic N) is 3. The number of hydrogen-bond donors (Lipinski definition) is 3. The molecule has 1 aliphatic heterocycles. The summed E-state index contributed by atoms with van der Waals surface area (Å²) in [6.45, 7) is 7.15. The number of rotatable bonds is 7. The van der Waals surface area contributed by atoms with Crippen LogP contribution < -0.4 is 10.6 Å². The highest BCUT2D eigenvalue weighted by Gasteiger charge is 2.15. The lowest BCUT2D eigenvalue weighted by Crippen LogP contribution is -2.29. The molecule has 3 aromatic rings. The third-order valence-electron chi connectivity index (χ3n) is 6.74. The topological polar surface area (TPSA) is 59.2 Å². The van der Waals surface area contributed by atoms with Gasteiger partial charge in [0.1, 0.15) is 11.5 Å². The monoisotopic (exact) mass is 454 g/mol. The van der Waals surface area contributed by atoms with E-state index in [0.29, 0.717) is 0 Å². The number of aromatic amines is 1. The number of allylic oxidation sites excluding steroid dienone is 3. The highest BCUT2D eigenvalue weighted by molar-refractivity contribution is 5.94. The van der Waals surface area contributed by atoms with Crippen LogP contribution in [0.15, 0.2) is 66.7 Å². The number of anilines is 1. The van der Waals surface area contributed by atoms with Gasteiger partial charge in [-0.2, -0.15) is 0 Å². The van der Waals surface area contributed by atoms with Gasteiger partial charge in [-0.05, 0) is 62.7 Å². The molecule has 2 aromatic heterocycles. The van der Waals surface area contributed by atoms with Crippen molar-refractivity contribution < 1.29 is 0 Å². The van der Waals surface area contributed by atoms with Gasteiger partial charge in [0, 0.05) is 66.5 Å². The van der Waals surface area contributed by atoms with E-state index in [-0.39, 0.29) is 0 Å². The van der Waals surface area contributed by atoms with Crippen LogP contribution in [0.5, 0.6) is 0 Å². The third kappa shape index (κ3) is 4.59. The quantitative estimate of drug-likeness (QED) is 0.478. The maximum Gasteiger partial charge on any atom is 0.140 e. The molecule has 0 spiro atoms. The fourth-order valence-electron chi connectivity index (χ4n) is 4.73. The van der Waals surface area contributed by atoms with Crippen molar-refractivity contribution in [3.05, 3.63) is 77.8 Å². The van der Waals surface area contributed by atoms with Crippen molar-refractivity contribution in [2.45, 2.75) is 19.3 Å². The number of benzene rings is 1. The van der Waals surface area contributed by atoms with Crippen LogP contribution in [-0.2, 0) is 6.42 Å². The maximum atomic E-state index is 4.86. The van der Waals surface area contributed by atoms with Crippen LogP contribution in [-0.4, -0.2) is 60.5 Å². The Bertz CT molecular complexity index is 1280. The Morgan fingerprint density at radius 2 is 1.94 bits per heavy atom. The van der Waals surface area contributed by atoms with Gasteiger partial charge in [-0.15, -0.1) is 0 Å². The van der Waals surface area contributed by atoms with Crippen LogP contribution in [0.25, 0.3) is 27.9 Å². The standard InChI is InChI=1S/C28H34N6/c1-19-24-9-8-20(16-21(24)12-13-29-19)26-18-30-28-25(26)10-11-27(32-28)31-22-6-5-7-23(17-22)34(4)15-14-33(2)3/h6,8-11,16-18,29H,1,5,7,12-15H2,2-4H3,(H2,30,31,32). The number of pyridine rings is 1. The second-order valence-electron chi connectivity index (χ2n) is 9.51. The van der Waals surface area contributed by atoms with Crippen LogP contribution in [0.2, 0.25) is 0 Å². The van der Waals surface area contributed by atoms with Crippen LogP contribution in [0.3, 0.4) is 0 Å². The van der Waals surface area contributed by atoms with Crippen LogP contribution in [0.1, 0.15) is 24.0 Å². The average Bonchev–Trinajstić information content (AvgIpc) is 3.26. The number of hydrogen-bond acceptors (Lipinski definition) is 5. The summed E-state index contributed by atoms with van der Waals surface area (Å²) in [5, 5.41) is 8.00. The molecule has 2 aliphatic rings. The van der Waals surface area contributed by atoms with Gasteiger partial charge >= 0.3 is 0 Å². The van der Waals surface area contributed by atoms with E-state index in [1.54, 1.807) is 0 Å². The van der Waals surface area contributed by atoms with Gasteiger partial charge in [-0.25, -0.2) is 4.98 Å². The second-order valence-corrected chi connectivity index (χ2v) is 9.51. The third-order valence-corrected chi connectivity index (χ3v) is 6.74. The first-order valence-corrected chi connectivity index (χ1v) is 12.1. The summed E-state index contributed by atoms with van der Waals surface area (Å²) in [7, 11) is 6.41. The van der Waals surface area contributed by atoms with E-state index in [9.17, 15) is 0 Å². The van der Waals surface area contributed by atoms with Gasteiger partial charge < -0.3 is 25.4 Å². The molecule has 0 saturated heterocycles. The first kappa shape index (κ1) is 22.3. The Balaban J connectivity index is 1.34. The van der Waals surface area contributed by atoms with E-state index in [1.165, 1.54) is 28.0 Å². The van der Waals surface area contributed by atoms with Crippen LogP contribution in [0.4, 0.5) is 5.82 Å². The number of aromatic nitrogens is 2. The summed E-state index contributed by atoms with van der Waals surface area (Å²) in [6, 6.07) is 10.9. The minimum Gasteiger partial charge on any atom is -0.385 e. The zero-order valence-electron chi connectivity index (χ0n) is 20.4. The zero-order chi connectivity index (χ0) is 23.7. The molecule has 3 heterocycles. The summed E-state index contributed by atoms with van der Waals surface area (Å²) >= 11 is 0. The molecule has 0 fully saturated rings. The lowest BCUT2D eigenvalue weighted by atomic mass is 9.94. The SMILES string of the molecule is C=C1NCCc2cc(-c3c[nH]c4nc(NC5=CCCC(N(C)CCN(C)C)=C5)ccc34)ccc21. The van der Waals surface area contributed by atoms with E-state index in [4.69, 9.17) is 4.98 Å². The Morgan fingerprint density at radius 1 is 1.06 bits per heavy atom. The molecule has 1 aromatic carbocycles. The summed E-state index contributed by atoms with van der Waals surface area (Å²) in [5.74, 6) is 0.855. The molecule has 0 unspecified atom stereocenters. The minimum atomic E-state index is 0.855. The summed E-state index contributed by atoms with van der Waals surface area (Å²) in [5.41, 5.74) is 9.35. The van der Waals surface area contributed by atoms with Crippen LogP contribution in [0, 0.1) is 0 Å². The molecule has 0 saturated carbocycles. The van der Waals surface area contributed by atoms with Crippen molar-refractivity contribution in [2.24, 2.45) is 0 Å². The second kappa shape index (κ2) is 9.39. The molecule has 6 nitrogen and oxygen atoms in total. The lowest BCUT2D eigenvalue weighted by Gasteiger charge is -2.26. The van der Waals surface area contributed by atoms with E-state index in [1.807, 2.05) is 0 Å². The molecule has 0 radical (unpaired) electrons. The van der Waals surface area contributed by atoms with Gasteiger partial charge in [0.25, 0.3) is 0 Å². The van der Waals surface area contributed by atoms with Crippen molar-refractivity contribution >= 4 is 22.5 Å². The van der Waals surface area contributed by atoms with Gasteiger partial charge in [-0.3, -0.25) is 0 Å². The maximum absolute atomic E-state index is 4.86. The van der Waals surface area contributed by atoms with Crippen LogP contribution >= 0.6 is 0 Å². The fraction of sp³-hybridized carbons (Fsp3) is 0.321. The number of H-pyrrole nitrogens is 1. The molecule has 34 heavy (non-hydrogen) atoms. The first-order valence-electron chi connectivity index (χ1n) is 12.1. The summed E-state index contributed by atoms with van der Waals surface area (Å²) in [6.07, 6.45) is 9.70. The van der Waals surface area contributed by atoms with E-state index in [0.717, 1.165) is 67.1 Å². The molecule has 1 aliphatic carbocycles. The fourth-order valence-corrected chi connectivity index (χ4v) is 4.73. The molecule has 0 amide bonds. The molecule has 0 atom stereocenters. The normalized spacial score (nSPS) is 15.6. The summed E-state index contributed by atoms with van der Waals surface area (Å²) < 4.78 is 0. The Labute approximate surface area is 202 Å². The van der Waals surface area contributed by atoms with Crippen molar-refractivity contribution in [1.29, 1.82) is 0 Å². The van der Waals surface area contributed by atoms with E-state index >= 15 is 0 Å². The Morgan fingerprint density at radius 3 is 2.79 bits per heavy atom. The van der Waals surface area contributed by atoms with Gasteiger partial charge in [-0.1, -0.05) is 30.9 Å². The van der Waals surface area contributed by atoms with Gasteiger partial charge in [0.05, 0.1) is 0 Å². The Kier molecular flexibility index (Phi) is 6.16. The molecule has 6 heteroatoms. The van der Waals surface area contributed by atoms with Crippen molar-refractivity contribution in [2.75, 3.05) is 46.1 Å². The van der Waals surface area contributed by atoms with Crippen molar-refractivity contribution in [3.8, 4) is 11.1 Å². The largest absolute Gasteiger partial charge is 0.385 e. The van der Waals surface area contributed by atoms with Gasteiger partial charge in [0.15, 0.2) is 0 Å². The first-order chi connectivity index (χ1) is 16.5. The highest BCUT2D eigenvalue weighted by atomic mass is 15.2. The molecular weight excluding hydrogens is 420 g/mol. The van der Waals surface area contributed by atoms with Gasteiger partial charge in [0.2, 0.25) is 0 Å². The van der Waals surface area contributed by atoms with Crippen molar-refractivity contribution in [3.63, 3.8) is 0 Å². The average molecular weight is 455 g/mol. The summed E-state index contributed by atoms with van der Waals surface area (Å²) in [4.78, 5) is 12.8. The molecule has 3 N–H and O–H groups in total. The molecule has 0 bridgehead atoms. The predicted molar refractivity (Wildman–Crippen MR) is 142 cm³/mol. The number of fused-ring (bicyclic) bond motifs is 2. The predicted octanol–water partition coefficient (Wildman–Crippen LogP) is 4.81. The minimum absolute atomic E-state index is 0.855. The molecule has 5 rings (SSSR count).